The fourth-order valence-corrected chi connectivity index (χ4v) is 4.14. The van der Waals surface area contributed by atoms with Crippen molar-refractivity contribution in [1.29, 1.82) is 0 Å². The maximum atomic E-state index is 11.9. The van der Waals surface area contributed by atoms with Gasteiger partial charge in [-0.15, -0.1) is 0 Å². The Balaban J connectivity index is 2.34. The van der Waals surface area contributed by atoms with Crippen LogP contribution in [0.4, 0.5) is 0 Å². The summed E-state index contributed by atoms with van der Waals surface area (Å²) in [5, 5.41) is 9.62. The van der Waals surface area contributed by atoms with Crippen molar-refractivity contribution >= 4 is 9.84 Å². The molecule has 0 amide bonds. The van der Waals surface area contributed by atoms with E-state index in [0.717, 1.165) is 5.56 Å². The molecule has 2 rings (SSSR count). The molecule has 1 aromatic carbocycles. The second-order valence-corrected chi connectivity index (χ2v) is 6.32. The van der Waals surface area contributed by atoms with Crippen LogP contribution < -0.4 is 0 Å². The molecule has 0 spiro atoms. The average molecular weight is 240 g/mol. The number of aliphatic hydroxyl groups is 1. The molecule has 4 heteroatoms. The van der Waals surface area contributed by atoms with Crippen molar-refractivity contribution in [3.63, 3.8) is 0 Å². The predicted molar refractivity (Wildman–Crippen MR) is 62.2 cm³/mol. The van der Waals surface area contributed by atoms with Crippen LogP contribution in [0.1, 0.15) is 31.2 Å². The van der Waals surface area contributed by atoms with Gasteiger partial charge < -0.3 is 5.11 Å². The number of aliphatic hydroxyl groups excluding tert-OH is 1. The average Bonchev–Trinajstić information content (AvgIpc) is 2.51. The molecule has 1 N–H and O–H groups in total. The van der Waals surface area contributed by atoms with Crippen LogP contribution >= 0.6 is 0 Å². The van der Waals surface area contributed by atoms with Gasteiger partial charge in [0.2, 0.25) is 0 Å². The molecule has 0 bridgehead atoms. The minimum absolute atomic E-state index is 0.0452. The fraction of sp³-hybridized carbons (Fsp3) is 0.500. The molecule has 88 valence electrons. The van der Waals surface area contributed by atoms with E-state index in [2.05, 4.69) is 0 Å². The summed E-state index contributed by atoms with van der Waals surface area (Å²) in [6.45, 7) is 1.90. The molecule has 0 aliphatic carbocycles. The second kappa shape index (κ2) is 4.18. The minimum atomic E-state index is -3.12. The Morgan fingerprint density at radius 2 is 2.12 bits per heavy atom. The van der Waals surface area contributed by atoms with E-state index < -0.39 is 15.9 Å². The third-order valence-corrected chi connectivity index (χ3v) is 5.03. The lowest BCUT2D eigenvalue weighted by atomic mass is 9.94. The first-order chi connectivity index (χ1) is 7.54. The molecule has 0 fully saturated rings. The Bertz CT molecular complexity index is 479. The zero-order chi connectivity index (χ0) is 11.8. The SMILES string of the molecule is CCC(O)CC1CS(=O)(=O)c2ccccc21. The topological polar surface area (TPSA) is 54.4 Å². The second-order valence-electron chi connectivity index (χ2n) is 4.31. The quantitative estimate of drug-likeness (QED) is 0.875. The Morgan fingerprint density at radius 3 is 2.81 bits per heavy atom. The molecule has 0 radical (unpaired) electrons. The molecular weight excluding hydrogens is 224 g/mol. The summed E-state index contributed by atoms with van der Waals surface area (Å²) < 4.78 is 23.7. The van der Waals surface area contributed by atoms with Crippen LogP contribution in [0.15, 0.2) is 29.2 Å². The molecule has 1 aliphatic heterocycles. The Morgan fingerprint density at radius 1 is 1.44 bits per heavy atom. The first kappa shape index (κ1) is 11.6. The Hall–Kier alpha value is -0.870. The maximum absolute atomic E-state index is 11.9. The van der Waals surface area contributed by atoms with Crippen LogP contribution in [0.25, 0.3) is 0 Å². The van der Waals surface area contributed by atoms with E-state index in [0.29, 0.717) is 17.7 Å². The van der Waals surface area contributed by atoms with Crippen molar-refractivity contribution in [2.75, 3.05) is 5.75 Å². The van der Waals surface area contributed by atoms with Gasteiger partial charge in [-0.2, -0.15) is 0 Å². The van der Waals surface area contributed by atoms with Crippen LogP contribution in [0.5, 0.6) is 0 Å². The predicted octanol–water partition coefficient (Wildman–Crippen LogP) is 1.72. The highest BCUT2D eigenvalue weighted by Gasteiger charge is 2.34. The van der Waals surface area contributed by atoms with Crippen molar-refractivity contribution in [2.45, 2.75) is 36.7 Å². The lowest BCUT2D eigenvalue weighted by molar-refractivity contribution is 0.153. The van der Waals surface area contributed by atoms with Gasteiger partial charge in [-0.25, -0.2) is 8.42 Å². The van der Waals surface area contributed by atoms with Crippen LogP contribution in [0.2, 0.25) is 0 Å². The van der Waals surface area contributed by atoms with Crippen molar-refractivity contribution in [3.8, 4) is 0 Å². The Kier molecular flexibility index (Phi) is 3.04. The normalized spacial score (nSPS) is 24.0. The highest BCUT2D eigenvalue weighted by atomic mass is 32.2. The molecule has 16 heavy (non-hydrogen) atoms. The van der Waals surface area contributed by atoms with Gasteiger partial charge >= 0.3 is 0 Å². The lowest BCUT2D eigenvalue weighted by Crippen LogP contribution is -2.12. The van der Waals surface area contributed by atoms with E-state index in [1.165, 1.54) is 0 Å². The van der Waals surface area contributed by atoms with Gasteiger partial charge in [0.25, 0.3) is 0 Å². The number of benzene rings is 1. The van der Waals surface area contributed by atoms with Crippen LogP contribution in [-0.4, -0.2) is 25.4 Å². The van der Waals surface area contributed by atoms with E-state index in [9.17, 15) is 13.5 Å². The standard InChI is InChI=1S/C12H16O3S/c1-2-10(13)7-9-8-16(14,15)12-6-4-3-5-11(9)12/h3-6,9-10,13H,2,7-8H2,1H3. The zero-order valence-electron chi connectivity index (χ0n) is 9.26. The summed E-state index contributed by atoms with van der Waals surface area (Å²) in [6.07, 6.45) is 0.789. The van der Waals surface area contributed by atoms with Gasteiger partial charge in [0.1, 0.15) is 0 Å². The first-order valence-corrected chi connectivity index (χ1v) is 7.19. The van der Waals surface area contributed by atoms with Gasteiger partial charge in [-0.3, -0.25) is 0 Å². The first-order valence-electron chi connectivity index (χ1n) is 5.54. The highest BCUT2D eigenvalue weighted by molar-refractivity contribution is 7.91. The third-order valence-electron chi connectivity index (χ3n) is 3.14. The Labute approximate surface area is 96.0 Å². The van der Waals surface area contributed by atoms with Gasteiger partial charge in [0.15, 0.2) is 9.84 Å². The molecule has 0 saturated carbocycles. The van der Waals surface area contributed by atoms with Crippen molar-refractivity contribution in [3.05, 3.63) is 29.8 Å². The molecule has 2 atom stereocenters. The van der Waals surface area contributed by atoms with Crippen molar-refractivity contribution in [2.24, 2.45) is 0 Å². The summed E-state index contributed by atoms with van der Waals surface area (Å²) in [6, 6.07) is 7.11. The number of hydrogen-bond donors (Lipinski definition) is 1. The lowest BCUT2D eigenvalue weighted by Gasteiger charge is -2.13. The monoisotopic (exact) mass is 240 g/mol. The molecule has 3 nitrogen and oxygen atoms in total. The smallest absolute Gasteiger partial charge is 0.179 e. The van der Waals surface area contributed by atoms with Gasteiger partial charge in [-0.1, -0.05) is 25.1 Å². The van der Waals surface area contributed by atoms with Crippen LogP contribution in [-0.2, 0) is 9.84 Å². The molecule has 0 aromatic heterocycles. The molecule has 1 aromatic rings. The van der Waals surface area contributed by atoms with Gasteiger partial charge in [0.05, 0.1) is 16.8 Å². The summed E-state index contributed by atoms with van der Waals surface area (Å²) in [7, 11) is -3.12. The van der Waals surface area contributed by atoms with E-state index in [-0.39, 0.29) is 11.7 Å². The molecule has 1 heterocycles. The van der Waals surface area contributed by atoms with E-state index in [4.69, 9.17) is 0 Å². The third kappa shape index (κ3) is 1.99. The molecular formula is C12H16O3S. The number of rotatable bonds is 3. The number of sulfone groups is 1. The molecule has 2 unspecified atom stereocenters. The summed E-state index contributed by atoms with van der Waals surface area (Å²) >= 11 is 0. The number of fused-ring (bicyclic) bond motifs is 1. The van der Waals surface area contributed by atoms with Gasteiger partial charge in [0, 0.05) is 5.92 Å². The van der Waals surface area contributed by atoms with Crippen LogP contribution in [0, 0.1) is 0 Å². The van der Waals surface area contributed by atoms with Gasteiger partial charge in [-0.05, 0) is 24.5 Å². The summed E-state index contributed by atoms with van der Waals surface area (Å²) in [5.41, 5.74) is 0.870. The van der Waals surface area contributed by atoms with Crippen molar-refractivity contribution < 1.29 is 13.5 Å². The minimum Gasteiger partial charge on any atom is -0.393 e. The largest absolute Gasteiger partial charge is 0.393 e. The summed E-state index contributed by atoms with van der Waals surface area (Å²) in [4.78, 5) is 0.448. The maximum Gasteiger partial charge on any atom is 0.179 e. The van der Waals surface area contributed by atoms with Crippen LogP contribution in [0.3, 0.4) is 0 Å². The summed E-state index contributed by atoms with van der Waals surface area (Å²) in [5.74, 6) is 0.0970. The number of hydrogen-bond acceptors (Lipinski definition) is 3. The van der Waals surface area contributed by atoms with E-state index in [1.807, 2.05) is 19.1 Å². The van der Waals surface area contributed by atoms with E-state index in [1.54, 1.807) is 12.1 Å². The zero-order valence-corrected chi connectivity index (χ0v) is 10.1. The molecule has 0 saturated heterocycles. The van der Waals surface area contributed by atoms with E-state index >= 15 is 0 Å². The van der Waals surface area contributed by atoms with Crippen molar-refractivity contribution in [1.82, 2.24) is 0 Å². The fourth-order valence-electron chi connectivity index (χ4n) is 2.24. The molecule has 1 aliphatic rings. The highest BCUT2D eigenvalue weighted by Crippen LogP contribution is 2.37.